The smallest absolute Gasteiger partial charge is 0.221 e. The molecule has 0 saturated carbocycles. The number of anilines is 1. The van der Waals surface area contributed by atoms with Gasteiger partial charge in [0.1, 0.15) is 5.75 Å². The molecule has 3 aromatic carbocycles. The first-order valence-corrected chi connectivity index (χ1v) is 11.0. The molecule has 0 aliphatic rings. The van der Waals surface area contributed by atoms with Crippen LogP contribution in [0.15, 0.2) is 60.9 Å². The molecule has 0 spiro atoms. The lowest BCUT2D eigenvalue weighted by Gasteiger charge is -2.14. The highest BCUT2D eigenvalue weighted by Gasteiger charge is 2.12. The van der Waals surface area contributed by atoms with Gasteiger partial charge in [0, 0.05) is 48.8 Å². The fourth-order valence-electron chi connectivity index (χ4n) is 4.23. The topological polar surface area (TPSA) is 105 Å². The quantitative estimate of drug-likeness (QED) is 0.372. The van der Waals surface area contributed by atoms with Crippen molar-refractivity contribution < 1.29 is 19.7 Å². The summed E-state index contributed by atoms with van der Waals surface area (Å²) < 4.78 is 5.40. The molecule has 0 fully saturated rings. The molecule has 174 valence electrons. The summed E-state index contributed by atoms with van der Waals surface area (Å²) >= 11 is 0. The lowest BCUT2D eigenvalue weighted by Crippen LogP contribution is -2.06. The third-order valence-corrected chi connectivity index (χ3v) is 5.72. The Kier molecular flexibility index (Phi) is 7.15. The van der Waals surface area contributed by atoms with Crippen LogP contribution in [0.1, 0.15) is 40.6 Å². The van der Waals surface area contributed by atoms with Crippen molar-refractivity contribution in [1.29, 1.82) is 0 Å². The van der Waals surface area contributed by atoms with Crippen LogP contribution in [0.5, 0.6) is 5.75 Å². The number of hydrogen-bond donors (Lipinski definition) is 3. The molecule has 0 saturated heterocycles. The molecule has 7 heteroatoms. The van der Waals surface area contributed by atoms with Gasteiger partial charge in [0.15, 0.2) is 0 Å². The molecule has 1 heterocycles. The zero-order chi connectivity index (χ0) is 24.1. The highest BCUT2D eigenvalue weighted by atomic mass is 16.5. The fourth-order valence-corrected chi connectivity index (χ4v) is 4.23. The molecule has 1 amide bonds. The summed E-state index contributed by atoms with van der Waals surface area (Å²) in [4.78, 5) is 20.8. The largest absolute Gasteiger partial charge is 0.496 e. The molecular formula is C27H27N3O4. The van der Waals surface area contributed by atoms with Crippen LogP contribution in [-0.2, 0) is 30.8 Å². The van der Waals surface area contributed by atoms with E-state index >= 15 is 0 Å². The van der Waals surface area contributed by atoms with Crippen LogP contribution in [0, 0.1) is 0 Å². The van der Waals surface area contributed by atoms with E-state index in [-0.39, 0.29) is 19.1 Å². The third kappa shape index (κ3) is 5.06. The van der Waals surface area contributed by atoms with Gasteiger partial charge in [0.2, 0.25) is 5.91 Å². The molecule has 0 aliphatic carbocycles. The number of aliphatic hydroxyl groups is 2. The van der Waals surface area contributed by atoms with Crippen molar-refractivity contribution in [2.45, 2.75) is 33.0 Å². The van der Waals surface area contributed by atoms with E-state index in [1.54, 1.807) is 19.5 Å². The molecule has 34 heavy (non-hydrogen) atoms. The normalized spacial score (nSPS) is 10.9. The van der Waals surface area contributed by atoms with Crippen molar-refractivity contribution in [3.05, 3.63) is 94.6 Å². The van der Waals surface area contributed by atoms with Crippen LogP contribution in [0.2, 0.25) is 0 Å². The van der Waals surface area contributed by atoms with Gasteiger partial charge in [0.05, 0.1) is 31.7 Å². The minimum atomic E-state index is -0.205. The molecule has 3 N–H and O–H groups in total. The summed E-state index contributed by atoms with van der Waals surface area (Å²) in [7, 11) is 1.54. The lowest BCUT2D eigenvalue weighted by molar-refractivity contribution is -0.114. The molecule has 0 aliphatic heterocycles. The summed E-state index contributed by atoms with van der Waals surface area (Å²) in [5.41, 5.74) is 5.62. The maximum Gasteiger partial charge on any atom is 0.221 e. The number of amides is 1. The maximum atomic E-state index is 11.6. The van der Waals surface area contributed by atoms with Crippen molar-refractivity contribution in [3.63, 3.8) is 0 Å². The minimum absolute atomic E-state index is 0.107. The number of nitrogens with zero attached hydrogens (tertiary/aromatic N) is 2. The SMILES string of the molecule is COc1cc(Cc2cncc(Cc3cccc4c(NC(C)=O)cccc34)n2)cc(CO)c1CO. The number of carbonyl (C=O) groups excluding carboxylic acids is 1. The van der Waals surface area contributed by atoms with E-state index in [9.17, 15) is 15.0 Å². The number of rotatable bonds is 8. The highest BCUT2D eigenvalue weighted by Crippen LogP contribution is 2.28. The van der Waals surface area contributed by atoms with E-state index < -0.39 is 0 Å². The van der Waals surface area contributed by atoms with E-state index in [2.05, 4.69) is 16.4 Å². The summed E-state index contributed by atoms with van der Waals surface area (Å²) in [5, 5.41) is 24.2. The van der Waals surface area contributed by atoms with Gasteiger partial charge < -0.3 is 20.3 Å². The number of nitrogens with one attached hydrogen (secondary N) is 1. The van der Waals surface area contributed by atoms with Crippen LogP contribution in [-0.4, -0.2) is 33.2 Å². The van der Waals surface area contributed by atoms with Crippen molar-refractivity contribution in [2.24, 2.45) is 0 Å². The molecule has 0 radical (unpaired) electrons. The number of aliphatic hydroxyl groups excluding tert-OH is 2. The first-order chi connectivity index (χ1) is 16.5. The van der Waals surface area contributed by atoms with E-state index in [1.165, 1.54) is 6.92 Å². The van der Waals surface area contributed by atoms with Gasteiger partial charge in [-0.2, -0.15) is 0 Å². The van der Waals surface area contributed by atoms with Crippen molar-refractivity contribution in [3.8, 4) is 5.75 Å². The molecule has 0 atom stereocenters. The van der Waals surface area contributed by atoms with Gasteiger partial charge in [-0.05, 0) is 34.2 Å². The molecule has 4 aromatic rings. The predicted molar refractivity (Wildman–Crippen MR) is 131 cm³/mol. The Bertz CT molecular complexity index is 1310. The first kappa shape index (κ1) is 23.4. The summed E-state index contributed by atoms with van der Waals surface area (Å²) in [6.45, 7) is 1.11. The van der Waals surface area contributed by atoms with Gasteiger partial charge in [-0.3, -0.25) is 14.8 Å². The Hall–Kier alpha value is -3.81. The Morgan fingerprint density at radius 2 is 1.68 bits per heavy atom. The Morgan fingerprint density at radius 3 is 2.38 bits per heavy atom. The fraction of sp³-hybridized carbons (Fsp3) is 0.222. The number of methoxy groups -OCH3 is 1. The van der Waals surface area contributed by atoms with Crippen molar-refractivity contribution >= 4 is 22.4 Å². The van der Waals surface area contributed by atoms with Gasteiger partial charge in [-0.1, -0.05) is 36.4 Å². The third-order valence-electron chi connectivity index (χ3n) is 5.72. The first-order valence-electron chi connectivity index (χ1n) is 11.0. The number of ether oxygens (including phenoxy) is 1. The van der Waals surface area contributed by atoms with E-state index in [1.807, 2.05) is 42.5 Å². The molecule has 0 bridgehead atoms. The van der Waals surface area contributed by atoms with Crippen molar-refractivity contribution in [1.82, 2.24) is 9.97 Å². The monoisotopic (exact) mass is 457 g/mol. The molecule has 4 rings (SSSR count). The van der Waals surface area contributed by atoms with E-state index in [0.29, 0.717) is 29.7 Å². The molecule has 0 unspecified atom stereocenters. The number of aromatic nitrogens is 2. The van der Waals surface area contributed by atoms with Crippen molar-refractivity contribution in [2.75, 3.05) is 12.4 Å². The van der Waals surface area contributed by atoms with Crippen LogP contribution in [0.3, 0.4) is 0 Å². The van der Waals surface area contributed by atoms with Gasteiger partial charge in [0.25, 0.3) is 0 Å². The Balaban J connectivity index is 1.62. The summed E-state index contributed by atoms with van der Waals surface area (Å²) in [5.74, 6) is 0.434. The number of hydrogen-bond acceptors (Lipinski definition) is 6. The minimum Gasteiger partial charge on any atom is -0.496 e. The summed E-state index contributed by atoms with van der Waals surface area (Å²) in [6.07, 6.45) is 4.59. The molecular weight excluding hydrogens is 430 g/mol. The Labute approximate surface area is 198 Å². The average molecular weight is 458 g/mol. The zero-order valence-corrected chi connectivity index (χ0v) is 19.2. The predicted octanol–water partition coefficient (Wildman–Crippen LogP) is 3.76. The second-order valence-corrected chi connectivity index (χ2v) is 8.11. The number of fused-ring (bicyclic) bond motifs is 1. The second-order valence-electron chi connectivity index (χ2n) is 8.11. The molecule has 1 aromatic heterocycles. The zero-order valence-electron chi connectivity index (χ0n) is 19.2. The van der Waals surface area contributed by atoms with Gasteiger partial charge in [-0.15, -0.1) is 0 Å². The average Bonchev–Trinajstić information content (AvgIpc) is 2.84. The highest BCUT2D eigenvalue weighted by molar-refractivity contribution is 6.02. The second kappa shape index (κ2) is 10.4. The van der Waals surface area contributed by atoms with Gasteiger partial charge >= 0.3 is 0 Å². The number of benzene rings is 3. The van der Waals surface area contributed by atoms with Crippen LogP contribution < -0.4 is 10.1 Å². The Morgan fingerprint density at radius 1 is 0.941 bits per heavy atom. The number of carbonyl (C=O) groups is 1. The molecule has 7 nitrogen and oxygen atoms in total. The van der Waals surface area contributed by atoms with Crippen LogP contribution in [0.4, 0.5) is 5.69 Å². The van der Waals surface area contributed by atoms with E-state index in [0.717, 1.165) is 39.0 Å². The van der Waals surface area contributed by atoms with Crippen LogP contribution in [0.25, 0.3) is 10.8 Å². The van der Waals surface area contributed by atoms with E-state index in [4.69, 9.17) is 9.72 Å². The lowest BCUT2D eigenvalue weighted by atomic mass is 9.99. The summed E-state index contributed by atoms with van der Waals surface area (Å²) in [6, 6.07) is 15.6. The van der Waals surface area contributed by atoms with Gasteiger partial charge in [-0.25, -0.2) is 0 Å². The standard InChI is InChI=1S/C27H27N3O4/c1-17(33)29-26-8-4-6-23-19(5-3-7-24(23)26)12-22-14-28-13-21(30-22)10-18-9-20(15-31)25(16-32)27(11-18)34-2/h3-9,11,13-14,31-32H,10,12,15-16H2,1-2H3,(H,29,33). The maximum absolute atomic E-state index is 11.6. The van der Waals surface area contributed by atoms with Crippen LogP contribution >= 0.6 is 0 Å².